The summed E-state index contributed by atoms with van der Waals surface area (Å²) in [5.41, 5.74) is 14.4. The van der Waals surface area contributed by atoms with Gasteiger partial charge >= 0.3 is 0 Å². The van der Waals surface area contributed by atoms with Crippen LogP contribution in [0.25, 0.3) is 42.4 Å². The largest absolute Gasteiger partial charge is 0.310 e. The zero-order valence-corrected chi connectivity index (χ0v) is 39.3. The average molecular weight is 906 g/mol. The second-order valence-corrected chi connectivity index (χ2v) is 17.7. The molecule has 1 heterocycles. The first kappa shape index (κ1) is 44.2. The van der Waals surface area contributed by atoms with E-state index in [1.807, 2.05) is 30.4 Å². The number of thiophene rings is 1. The summed E-state index contributed by atoms with van der Waals surface area (Å²) in [5.74, 6) is 0. The molecule has 0 N–H and O–H groups in total. The molecule has 11 rings (SSSR count). The van der Waals surface area contributed by atoms with Gasteiger partial charge in [-0.25, -0.2) is 0 Å². The van der Waals surface area contributed by atoms with E-state index in [9.17, 15) is 0 Å². The van der Waals surface area contributed by atoms with Gasteiger partial charge in [0.25, 0.3) is 0 Å². The number of fused-ring (bicyclic) bond motifs is 3. The first-order valence-corrected chi connectivity index (χ1v) is 24.1. The molecule has 11 aromatic rings. The van der Waals surface area contributed by atoms with Crippen LogP contribution in [-0.2, 0) is 0 Å². The molecule has 0 saturated heterocycles. The van der Waals surface area contributed by atoms with Gasteiger partial charge in [-0.15, -0.1) is 11.3 Å². The Morgan fingerprint density at radius 3 is 1.07 bits per heavy atom. The molecule has 69 heavy (non-hydrogen) atoms. The van der Waals surface area contributed by atoms with Gasteiger partial charge in [-0.2, -0.15) is 0 Å². The minimum absolute atomic E-state index is 1.05. The fraction of sp³-hybridized carbons (Fsp3) is 0.0154. The number of rotatable bonds is 12. The molecule has 0 unspecified atom stereocenters. The van der Waals surface area contributed by atoms with Gasteiger partial charge in [0.2, 0.25) is 0 Å². The molecule has 0 fully saturated rings. The molecule has 3 nitrogen and oxygen atoms in total. The van der Waals surface area contributed by atoms with E-state index in [2.05, 4.69) is 282 Å². The number of hydrogen-bond acceptors (Lipinski definition) is 4. The van der Waals surface area contributed by atoms with Gasteiger partial charge in [0, 0.05) is 71.4 Å². The van der Waals surface area contributed by atoms with E-state index in [-0.39, 0.29) is 0 Å². The summed E-state index contributed by atoms with van der Waals surface area (Å²) in [7, 11) is 0. The maximum atomic E-state index is 3.46. The van der Waals surface area contributed by atoms with Gasteiger partial charge in [-0.05, 0) is 132 Å². The van der Waals surface area contributed by atoms with E-state index in [0.29, 0.717) is 0 Å². The van der Waals surface area contributed by atoms with Crippen molar-refractivity contribution in [2.24, 2.45) is 0 Å². The molecular formula is C65H51N3S. The highest BCUT2D eigenvalue weighted by Crippen LogP contribution is 2.45. The third kappa shape index (κ3) is 9.75. The number of anilines is 9. The van der Waals surface area contributed by atoms with Gasteiger partial charge in [-0.3, -0.25) is 0 Å². The lowest BCUT2D eigenvalue weighted by Gasteiger charge is -2.31. The molecule has 0 atom stereocenters. The van der Waals surface area contributed by atoms with E-state index < -0.39 is 0 Å². The van der Waals surface area contributed by atoms with Crippen LogP contribution < -0.4 is 14.7 Å². The van der Waals surface area contributed by atoms with Crippen LogP contribution in [0, 0.1) is 0 Å². The van der Waals surface area contributed by atoms with Gasteiger partial charge in [0.05, 0.1) is 0 Å². The summed E-state index contributed by atoms with van der Waals surface area (Å²) in [5, 5.41) is 2.56. The zero-order chi connectivity index (χ0) is 46.8. The van der Waals surface area contributed by atoms with Crippen molar-refractivity contribution in [3.63, 3.8) is 0 Å². The van der Waals surface area contributed by atoms with Crippen molar-refractivity contribution in [3.8, 4) is 22.3 Å². The van der Waals surface area contributed by atoms with E-state index in [4.69, 9.17) is 0 Å². The Labute approximate surface area is 410 Å². The quantitative estimate of drug-likeness (QED) is 0.113. The molecule has 332 valence electrons. The Morgan fingerprint density at radius 1 is 0.304 bits per heavy atom. The second-order valence-electron chi connectivity index (χ2n) is 16.6. The number of benzene rings is 10. The monoisotopic (exact) mass is 905 g/mol. The molecule has 0 aliphatic heterocycles. The molecule has 4 heteroatoms. The predicted molar refractivity (Wildman–Crippen MR) is 299 cm³/mol. The molecule has 10 aromatic carbocycles. The Bertz CT molecular complexity index is 3290. The maximum absolute atomic E-state index is 3.46. The molecular weight excluding hydrogens is 855 g/mol. The van der Waals surface area contributed by atoms with Crippen LogP contribution in [0.1, 0.15) is 6.92 Å². The third-order valence-electron chi connectivity index (χ3n) is 12.1. The van der Waals surface area contributed by atoms with Crippen LogP contribution in [0.2, 0.25) is 0 Å². The Balaban J connectivity index is 0.00000105. The Hall–Kier alpha value is -8.70. The number of allylic oxidation sites excluding steroid dienone is 3. The summed E-state index contributed by atoms with van der Waals surface area (Å²) in [6.45, 7) is 5.42. The summed E-state index contributed by atoms with van der Waals surface area (Å²) in [6, 6.07) is 93.7. The molecule has 0 amide bonds. The molecule has 0 saturated carbocycles. The highest BCUT2D eigenvalue weighted by molar-refractivity contribution is 7.25. The van der Waals surface area contributed by atoms with Crippen molar-refractivity contribution in [2.45, 2.75) is 6.92 Å². The van der Waals surface area contributed by atoms with Crippen LogP contribution in [0.5, 0.6) is 0 Å². The first-order chi connectivity index (χ1) is 34.1. The van der Waals surface area contributed by atoms with Crippen LogP contribution in [-0.4, -0.2) is 0 Å². The predicted octanol–water partition coefficient (Wildman–Crippen LogP) is 19.5. The normalized spacial score (nSPS) is 11.0. The van der Waals surface area contributed by atoms with Gasteiger partial charge in [-0.1, -0.05) is 183 Å². The fourth-order valence-electron chi connectivity index (χ4n) is 8.90. The molecule has 0 aliphatic carbocycles. The summed E-state index contributed by atoms with van der Waals surface area (Å²) in [6.07, 6.45) is 5.58. The van der Waals surface area contributed by atoms with Crippen molar-refractivity contribution < 1.29 is 0 Å². The van der Waals surface area contributed by atoms with E-state index >= 15 is 0 Å². The lowest BCUT2D eigenvalue weighted by molar-refractivity contribution is 1.24. The second kappa shape index (κ2) is 20.9. The number of para-hydroxylation sites is 2. The van der Waals surface area contributed by atoms with Crippen molar-refractivity contribution in [3.05, 3.63) is 286 Å². The molecule has 0 radical (unpaired) electrons. The molecule has 0 bridgehead atoms. The van der Waals surface area contributed by atoms with E-state index in [0.717, 1.165) is 51.2 Å². The lowest BCUT2D eigenvalue weighted by Crippen LogP contribution is -2.14. The average Bonchev–Trinajstić information content (AvgIpc) is 3.79. The van der Waals surface area contributed by atoms with Crippen molar-refractivity contribution in [1.29, 1.82) is 0 Å². The summed E-state index contributed by atoms with van der Waals surface area (Å²) in [4.78, 5) is 7.09. The fourth-order valence-corrected chi connectivity index (χ4v) is 10.0. The van der Waals surface area contributed by atoms with Gasteiger partial charge in [0.15, 0.2) is 0 Å². The highest BCUT2D eigenvalue weighted by atomic mass is 32.1. The van der Waals surface area contributed by atoms with Crippen LogP contribution in [0.15, 0.2) is 286 Å². The lowest BCUT2D eigenvalue weighted by atomic mass is 10.0. The third-order valence-corrected chi connectivity index (χ3v) is 13.3. The minimum atomic E-state index is 1.05. The summed E-state index contributed by atoms with van der Waals surface area (Å²) < 4.78 is 2.55. The van der Waals surface area contributed by atoms with Crippen molar-refractivity contribution in [1.82, 2.24) is 0 Å². The topological polar surface area (TPSA) is 9.72 Å². The SMILES string of the molecule is C=C/C=C\C.c1ccc(-c2ccc(N(c3ccccc3)c3cccc(N(c4cccc(N(c5ccccc5)c5ccc(-c6ccccc6)cc5)c4)c4ccc5c(c4)sc4ccccc45)c3)cc2)cc1. The number of hydrogen-bond donors (Lipinski definition) is 0. The molecule has 0 aliphatic rings. The van der Waals surface area contributed by atoms with Crippen molar-refractivity contribution >= 4 is 82.7 Å². The highest BCUT2D eigenvalue weighted by Gasteiger charge is 2.21. The molecule has 1 aromatic heterocycles. The Morgan fingerprint density at radius 2 is 0.638 bits per heavy atom. The van der Waals surface area contributed by atoms with Crippen molar-refractivity contribution in [2.75, 3.05) is 14.7 Å². The Kier molecular flexibility index (Phi) is 13.3. The molecule has 0 spiro atoms. The van der Waals surface area contributed by atoms with Crippen LogP contribution in [0.4, 0.5) is 51.2 Å². The standard InChI is InChI=1S/C60H43N3S.C5H8/c1-5-17-44(18-6-1)46-31-35-50(36-32-46)61(48-21-9-3-10-22-48)52-25-15-27-54(41-52)63(56-39-40-58-57-29-13-14-30-59(57)64-60(58)43-56)55-28-16-26-53(42-55)62(49-23-11-4-12-24-49)51-37-33-47(34-38-51)45-19-7-2-8-20-45;1-3-5-4-2/h1-43H;3-5H,1H2,2H3/b;5-4-. The smallest absolute Gasteiger partial charge is 0.0482 e. The zero-order valence-electron chi connectivity index (χ0n) is 38.5. The van der Waals surface area contributed by atoms with Gasteiger partial charge in [0.1, 0.15) is 0 Å². The van der Waals surface area contributed by atoms with Gasteiger partial charge < -0.3 is 14.7 Å². The van der Waals surface area contributed by atoms with E-state index in [1.165, 1.54) is 42.4 Å². The van der Waals surface area contributed by atoms with E-state index in [1.54, 1.807) is 6.08 Å². The van der Waals surface area contributed by atoms with Crippen LogP contribution in [0.3, 0.4) is 0 Å². The van der Waals surface area contributed by atoms with Crippen LogP contribution >= 0.6 is 11.3 Å². The summed E-state index contributed by atoms with van der Waals surface area (Å²) >= 11 is 1.84. The maximum Gasteiger partial charge on any atom is 0.0482 e. The minimum Gasteiger partial charge on any atom is -0.310 e. The first-order valence-electron chi connectivity index (χ1n) is 23.3. The number of nitrogens with zero attached hydrogens (tertiary/aromatic N) is 3.